The molecule has 2 aromatic heterocycles. The van der Waals surface area contributed by atoms with Gasteiger partial charge in [-0.25, -0.2) is 4.98 Å². The molecule has 1 aromatic carbocycles. The minimum atomic E-state index is -0.361. The lowest BCUT2D eigenvalue weighted by atomic mass is 10.3. The third kappa shape index (κ3) is 4.12. The minimum absolute atomic E-state index is 0.148. The largest absolute Gasteiger partial charge is 0.495 e. The van der Waals surface area contributed by atoms with Crippen LogP contribution in [-0.4, -0.2) is 28.8 Å². The van der Waals surface area contributed by atoms with Crippen LogP contribution in [0.2, 0.25) is 5.02 Å². The number of hydrogen-bond acceptors (Lipinski definition) is 6. The van der Waals surface area contributed by atoms with Gasteiger partial charge in [-0.3, -0.25) is 14.2 Å². The van der Waals surface area contributed by atoms with Crippen molar-refractivity contribution in [2.75, 3.05) is 18.7 Å². The number of halogens is 1. The molecular weight excluding hydrogens is 406 g/mol. The van der Waals surface area contributed by atoms with Gasteiger partial charge in [0.2, 0.25) is 5.91 Å². The van der Waals surface area contributed by atoms with Gasteiger partial charge >= 0.3 is 0 Å². The number of rotatable bonds is 6. The van der Waals surface area contributed by atoms with Gasteiger partial charge in [0, 0.05) is 9.90 Å². The summed E-state index contributed by atoms with van der Waals surface area (Å²) in [6.45, 7) is 1.88. The van der Waals surface area contributed by atoms with Crippen LogP contribution in [0, 0.1) is 0 Å². The number of aromatic nitrogens is 2. The Hall–Kier alpha value is -2.03. The summed E-state index contributed by atoms with van der Waals surface area (Å²) >= 11 is 8.84. The first-order valence-corrected chi connectivity index (χ1v) is 10.6. The molecule has 0 fully saturated rings. The van der Waals surface area contributed by atoms with E-state index in [1.165, 1.54) is 34.8 Å². The molecule has 9 heteroatoms. The maximum atomic E-state index is 12.9. The number of hydrogen-bond donors (Lipinski definition) is 1. The van der Waals surface area contributed by atoms with Crippen molar-refractivity contribution in [3.63, 3.8) is 0 Å². The van der Waals surface area contributed by atoms with Gasteiger partial charge in [-0.1, -0.05) is 30.3 Å². The van der Waals surface area contributed by atoms with Crippen LogP contribution < -0.4 is 15.6 Å². The maximum Gasteiger partial charge on any atom is 0.263 e. The Bertz CT molecular complexity index is 1060. The second-order valence-corrected chi connectivity index (χ2v) is 7.99. The second kappa shape index (κ2) is 8.33. The second-order valence-electron chi connectivity index (χ2n) is 5.67. The summed E-state index contributed by atoms with van der Waals surface area (Å²) in [7, 11) is 1.51. The molecule has 0 aliphatic carbocycles. The number of nitrogens with one attached hydrogen (secondary N) is 1. The molecule has 0 aliphatic rings. The highest BCUT2D eigenvalue weighted by Gasteiger charge is 2.17. The predicted octanol–water partition coefficient (Wildman–Crippen LogP) is 4.04. The number of methoxy groups -OCH3 is 1. The topological polar surface area (TPSA) is 73.2 Å². The number of ether oxygens (including phenoxy) is 1. The number of anilines is 1. The highest BCUT2D eigenvalue weighted by atomic mass is 35.5. The average Bonchev–Trinajstić information content (AvgIpc) is 3.07. The van der Waals surface area contributed by atoms with Crippen molar-refractivity contribution in [2.45, 2.75) is 25.0 Å². The number of aryl methyl sites for hydroxylation is 1. The van der Waals surface area contributed by atoms with E-state index >= 15 is 0 Å². The van der Waals surface area contributed by atoms with Crippen LogP contribution in [0.15, 0.2) is 34.2 Å². The van der Waals surface area contributed by atoms with Crippen LogP contribution in [-0.2, 0) is 17.8 Å². The van der Waals surface area contributed by atoms with Crippen molar-refractivity contribution in [3.05, 3.63) is 44.5 Å². The number of carbonyl (C=O) groups is 1. The normalized spacial score (nSPS) is 11.0. The van der Waals surface area contributed by atoms with E-state index in [9.17, 15) is 9.59 Å². The van der Waals surface area contributed by atoms with Crippen LogP contribution in [0.5, 0.6) is 5.75 Å². The Labute approximate surface area is 169 Å². The molecule has 0 aliphatic heterocycles. The van der Waals surface area contributed by atoms with Gasteiger partial charge in [-0.05, 0) is 36.9 Å². The average molecular weight is 424 g/mol. The Morgan fingerprint density at radius 1 is 1.41 bits per heavy atom. The van der Waals surface area contributed by atoms with E-state index in [0.717, 1.165) is 11.3 Å². The molecule has 0 radical (unpaired) electrons. The first kappa shape index (κ1) is 19.7. The number of thioether (sulfide) groups is 1. The number of fused-ring (bicyclic) bond motifs is 1. The smallest absolute Gasteiger partial charge is 0.263 e. The van der Waals surface area contributed by atoms with Gasteiger partial charge < -0.3 is 10.1 Å². The molecule has 0 unspecified atom stereocenters. The van der Waals surface area contributed by atoms with Crippen LogP contribution in [0.4, 0.5) is 5.69 Å². The van der Waals surface area contributed by atoms with E-state index in [2.05, 4.69) is 10.3 Å². The Morgan fingerprint density at radius 2 is 2.19 bits per heavy atom. The van der Waals surface area contributed by atoms with Crippen LogP contribution in [0.25, 0.3) is 10.2 Å². The zero-order valence-electron chi connectivity index (χ0n) is 15.0. The first-order valence-electron chi connectivity index (χ1n) is 8.17. The van der Waals surface area contributed by atoms with Crippen molar-refractivity contribution in [2.24, 2.45) is 0 Å². The van der Waals surface area contributed by atoms with Gasteiger partial charge in [0.25, 0.3) is 5.56 Å². The molecule has 142 valence electrons. The van der Waals surface area contributed by atoms with Gasteiger partial charge in [0.05, 0.1) is 18.2 Å². The molecule has 3 aromatic rings. The predicted molar refractivity (Wildman–Crippen MR) is 112 cm³/mol. The maximum absolute atomic E-state index is 12.9. The highest BCUT2D eigenvalue weighted by molar-refractivity contribution is 7.98. The third-order valence-electron chi connectivity index (χ3n) is 3.94. The minimum Gasteiger partial charge on any atom is -0.495 e. The molecule has 0 saturated carbocycles. The van der Waals surface area contributed by atoms with Crippen molar-refractivity contribution in [1.29, 1.82) is 0 Å². The summed E-state index contributed by atoms with van der Waals surface area (Å²) in [6.07, 6.45) is 2.67. The van der Waals surface area contributed by atoms with E-state index in [1.54, 1.807) is 18.2 Å². The molecule has 0 bridgehead atoms. The zero-order chi connectivity index (χ0) is 19.6. The molecule has 3 rings (SSSR count). The number of amides is 1. The summed E-state index contributed by atoms with van der Waals surface area (Å²) in [5, 5.41) is 4.27. The first-order chi connectivity index (χ1) is 13.0. The standard InChI is InChI=1S/C18H18ClN3O3S2/c1-4-11-8-12-16(27-11)21-18(26-3)22(17(12)24)9-15(23)20-13-7-10(19)5-6-14(13)25-2/h5-8H,4,9H2,1-3H3,(H,20,23). The van der Waals surface area contributed by atoms with Crippen LogP contribution in [0.1, 0.15) is 11.8 Å². The molecular formula is C18H18ClN3O3S2. The summed E-state index contributed by atoms with van der Waals surface area (Å²) in [4.78, 5) is 31.8. The number of benzene rings is 1. The third-order valence-corrected chi connectivity index (χ3v) is 6.02. The lowest BCUT2D eigenvalue weighted by Gasteiger charge is -2.13. The summed E-state index contributed by atoms with van der Waals surface area (Å²) in [5.41, 5.74) is 0.236. The van der Waals surface area contributed by atoms with Gasteiger partial charge in [0.1, 0.15) is 17.1 Å². The summed E-state index contributed by atoms with van der Waals surface area (Å²) < 4.78 is 6.63. The number of carbonyl (C=O) groups excluding carboxylic acids is 1. The Morgan fingerprint density at radius 3 is 2.85 bits per heavy atom. The summed E-state index contributed by atoms with van der Waals surface area (Å²) in [5.74, 6) is 0.129. The van der Waals surface area contributed by atoms with E-state index in [4.69, 9.17) is 16.3 Å². The molecule has 27 heavy (non-hydrogen) atoms. The fraction of sp³-hybridized carbons (Fsp3) is 0.278. The van der Waals surface area contributed by atoms with Crippen molar-refractivity contribution < 1.29 is 9.53 Å². The van der Waals surface area contributed by atoms with Crippen molar-refractivity contribution >= 4 is 56.5 Å². The van der Waals surface area contributed by atoms with E-state index in [-0.39, 0.29) is 18.0 Å². The molecule has 2 heterocycles. The molecule has 1 N–H and O–H groups in total. The quantitative estimate of drug-likeness (QED) is 0.478. The van der Waals surface area contributed by atoms with Gasteiger partial charge in [-0.2, -0.15) is 0 Å². The fourth-order valence-corrected chi connectivity index (χ4v) is 4.37. The van der Waals surface area contributed by atoms with E-state index < -0.39 is 0 Å². The van der Waals surface area contributed by atoms with Crippen molar-refractivity contribution in [3.8, 4) is 5.75 Å². The van der Waals surface area contributed by atoms with Crippen LogP contribution in [0.3, 0.4) is 0 Å². The molecule has 6 nitrogen and oxygen atoms in total. The number of nitrogens with zero attached hydrogens (tertiary/aromatic N) is 2. The molecule has 0 spiro atoms. The molecule has 0 saturated heterocycles. The Kier molecular flexibility index (Phi) is 6.08. The zero-order valence-corrected chi connectivity index (χ0v) is 17.4. The monoisotopic (exact) mass is 423 g/mol. The fourth-order valence-electron chi connectivity index (χ4n) is 2.63. The number of thiophene rings is 1. The SMILES string of the molecule is CCc1cc2c(=O)n(CC(=O)Nc3cc(Cl)ccc3OC)c(SC)nc2s1. The van der Waals surface area contributed by atoms with E-state index in [0.29, 0.717) is 31.8 Å². The van der Waals surface area contributed by atoms with Crippen molar-refractivity contribution in [1.82, 2.24) is 9.55 Å². The van der Waals surface area contributed by atoms with Crippen LogP contribution >= 0.6 is 34.7 Å². The lowest BCUT2D eigenvalue weighted by molar-refractivity contribution is -0.116. The van der Waals surface area contributed by atoms with Gasteiger partial charge in [-0.15, -0.1) is 11.3 Å². The molecule has 1 amide bonds. The molecule has 0 atom stereocenters. The summed E-state index contributed by atoms with van der Waals surface area (Å²) in [6, 6.07) is 6.80. The van der Waals surface area contributed by atoms with Gasteiger partial charge in [0.15, 0.2) is 5.16 Å². The highest BCUT2D eigenvalue weighted by Crippen LogP contribution is 2.28. The Balaban J connectivity index is 1.94. The lowest BCUT2D eigenvalue weighted by Crippen LogP contribution is -2.29. The van der Waals surface area contributed by atoms with E-state index in [1.807, 2.05) is 19.2 Å².